The molecule has 25 heavy (non-hydrogen) atoms. The predicted octanol–water partition coefficient (Wildman–Crippen LogP) is 2.99. The van der Waals surface area contributed by atoms with Gasteiger partial charge in [0, 0.05) is 51.4 Å². The summed E-state index contributed by atoms with van der Waals surface area (Å²) in [5.41, 5.74) is 2.72. The third kappa shape index (κ3) is 3.75. The van der Waals surface area contributed by atoms with Gasteiger partial charge in [-0.05, 0) is 44.1 Å². The minimum absolute atomic E-state index is 0.380. The van der Waals surface area contributed by atoms with E-state index in [9.17, 15) is 4.79 Å². The summed E-state index contributed by atoms with van der Waals surface area (Å²) in [6.07, 6.45) is 5.09. The maximum Gasteiger partial charge on any atom is 0.222 e. The van der Waals surface area contributed by atoms with Crippen molar-refractivity contribution in [2.45, 2.75) is 57.7 Å². The predicted molar refractivity (Wildman–Crippen MR) is 98.3 cm³/mol. The molecule has 1 aromatic carbocycles. The fraction of sp³-hybridized carbons (Fsp3) is 0.667. The fourth-order valence-corrected chi connectivity index (χ4v) is 4.92. The summed E-state index contributed by atoms with van der Waals surface area (Å²) in [6.45, 7) is 6.95. The minimum atomic E-state index is 0.380. The highest BCUT2D eigenvalue weighted by atomic mass is 16.5. The molecule has 3 saturated heterocycles. The fourth-order valence-electron chi connectivity index (χ4n) is 4.92. The van der Waals surface area contributed by atoms with Crippen LogP contribution in [0.5, 0.6) is 0 Å². The van der Waals surface area contributed by atoms with Gasteiger partial charge >= 0.3 is 0 Å². The second-order valence-corrected chi connectivity index (χ2v) is 8.02. The van der Waals surface area contributed by atoms with E-state index >= 15 is 0 Å². The molecule has 0 saturated carbocycles. The van der Waals surface area contributed by atoms with Crippen LogP contribution in [-0.2, 0) is 16.1 Å². The SMILES string of the molecule is Cc1cccc(CN2CCC3C2CCC(=O)N3CC2CCOCC2)c1. The number of nitrogens with zero attached hydrogens (tertiary/aromatic N) is 2. The lowest BCUT2D eigenvalue weighted by Crippen LogP contribution is -2.53. The zero-order valence-electron chi connectivity index (χ0n) is 15.3. The van der Waals surface area contributed by atoms with Crippen molar-refractivity contribution in [3.63, 3.8) is 0 Å². The summed E-state index contributed by atoms with van der Waals surface area (Å²) in [7, 11) is 0. The van der Waals surface area contributed by atoms with Crippen LogP contribution in [0.2, 0.25) is 0 Å². The first kappa shape index (κ1) is 17.0. The van der Waals surface area contributed by atoms with E-state index < -0.39 is 0 Å². The largest absolute Gasteiger partial charge is 0.381 e. The molecular weight excluding hydrogens is 312 g/mol. The number of hydrogen-bond acceptors (Lipinski definition) is 3. The van der Waals surface area contributed by atoms with E-state index in [1.165, 1.54) is 11.1 Å². The van der Waals surface area contributed by atoms with Crippen LogP contribution in [0.15, 0.2) is 24.3 Å². The van der Waals surface area contributed by atoms with Crippen LogP contribution in [0.25, 0.3) is 0 Å². The standard InChI is InChI=1S/C21H30N2O2/c1-16-3-2-4-18(13-16)14-22-10-7-20-19(22)5-6-21(24)23(20)15-17-8-11-25-12-9-17/h2-4,13,17,19-20H,5-12,14-15H2,1H3. The van der Waals surface area contributed by atoms with E-state index in [2.05, 4.69) is 41.0 Å². The third-order valence-electron chi connectivity index (χ3n) is 6.26. The lowest BCUT2D eigenvalue weighted by Gasteiger charge is -2.42. The lowest BCUT2D eigenvalue weighted by atomic mass is 9.92. The maximum absolute atomic E-state index is 12.6. The average molecular weight is 342 g/mol. The number of carbonyl (C=O) groups is 1. The van der Waals surface area contributed by atoms with Crippen molar-refractivity contribution in [1.82, 2.24) is 9.80 Å². The number of amides is 1. The Labute approximate surface area is 151 Å². The van der Waals surface area contributed by atoms with Crippen molar-refractivity contribution < 1.29 is 9.53 Å². The van der Waals surface area contributed by atoms with Gasteiger partial charge in [-0.15, -0.1) is 0 Å². The van der Waals surface area contributed by atoms with Crippen LogP contribution in [-0.4, -0.2) is 54.1 Å². The van der Waals surface area contributed by atoms with E-state index in [1.54, 1.807) is 0 Å². The van der Waals surface area contributed by atoms with E-state index in [4.69, 9.17) is 4.74 Å². The number of likely N-dealkylation sites (tertiary alicyclic amines) is 2. The molecule has 2 unspecified atom stereocenters. The zero-order chi connectivity index (χ0) is 17.2. The first-order valence-electron chi connectivity index (χ1n) is 9.87. The van der Waals surface area contributed by atoms with Crippen molar-refractivity contribution in [3.8, 4) is 0 Å². The summed E-state index contributed by atoms with van der Waals surface area (Å²) >= 11 is 0. The van der Waals surface area contributed by atoms with Crippen LogP contribution in [0.4, 0.5) is 0 Å². The summed E-state index contributed by atoms with van der Waals surface area (Å²) in [5.74, 6) is 1.01. The Morgan fingerprint density at radius 1 is 1.12 bits per heavy atom. The molecule has 2 atom stereocenters. The summed E-state index contributed by atoms with van der Waals surface area (Å²) in [6, 6.07) is 9.80. The molecule has 4 rings (SSSR count). The third-order valence-corrected chi connectivity index (χ3v) is 6.26. The van der Waals surface area contributed by atoms with Gasteiger partial charge < -0.3 is 9.64 Å². The highest BCUT2D eigenvalue weighted by Gasteiger charge is 2.43. The van der Waals surface area contributed by atoms with Gasteiger partial charge in [0.25, 0.3) is 0 Å². The first-order chi connectivity index (χ1) is 12.2. The van der Waals surface area contributed by atoms with Crippen molar-refractivity contribution in [1.29, 1.82) is 0 Å². The number of aryl methyl sites for hydroxylation is 1. The van der Waals surface area contributed by atoms with Gasteiger partial charge in [-0.3, -0.25) is 9.69 Å². The molecular formula is C21H30N2O2. The molecule has 0 N–H and O–H groups in total. The van der Waals surface area contributed by atoms with Gasteiger partial charge in [-0.2, -0.15) is 0 Å². The Balaban J connectivity index is 1.43. The van der Waals surface area contributed by atoms with Crippen LogP contribution < -0.4 is 0 Å². The summed E-state index contributed by atoms with van der Waals surface area (Å²) in [4.78, 5) is 17.4. The van der Waals surface area contributed by atoms with Crippen LogP contribution in [0.1, 0.15) is 43.2 Å². The molecule has 0 aliphatic carbocycles. The summed E-state index contributed by atoms with van der Waals surface area (Å²) < 4.78 is 5.48. The highest BCUT2D eigenvalue weighted by molar-refractivity contribution is 5.77. The molecule has 0 bridgehead atoms. The Morgan fingerprint density at radius 2 is 1.96 bits per heavy atom. The number of fused-ring (bicyclic) bond motifs is 1. The molecule has 4 heteroatoms. The molecule has 0 spiro atoms. The number of rotatable bonds is 4. The highest BCUT2D eigenvalue weighted by Crippen LogP contribution is 2.33. The Morgan fingerprint density at radius 3 is 2.76 bits per heavy atom. The Bertz CT molecular complexity index is 612. The van der Waals surface area contributed by atoms with Gasteiger partial charge in [0.1, 0.15) is 0 Å². The molecule has 4 nitrogen and oxygen atoms in total. The van der Waals surface area contributed by atoms with Gasteiger partial charge in [0.15, 0.2) is 0 Å². The van der Waals surface area contributed by atoms with Crippen molar-refractivity contribution in [3.05, 3.63) is 35.4 Å². The minimum Gasteiger partial charge on any atom is -0.381 e. The monoisotopic (exact) mass is 342 g/mol. The molecule has 3 heterocycles. The molecule has 1 amide bonds. The van der Waals surface area contributed by atoms with Gasteiger partial charge in [0.2, 0.25) is 5.91 Å². The zero-order valence-corrected chi connectivity index (χ0v) is 15.3. The maximum atomic E-state index is 12.6. The van der Waals surface area contributed by atoms with Gasteiger partial charge in [-0.25, -0.2) is 0 Å². The molecule has 0 radical (unpaired) electrons. The topological polar surface area (TPSA) is 32.8 Å². The first-order valence-corrected chi connectivity index (χ1v) is 9.87. The number of piperidine rings is 1. The molecule has 3 fully saturated rings. The number of ether oxygens (including phenoxy) is 1. The van der Waals surface area contributed by atoms with E-state index in [1.807, 2.05) is 0 Å². The normalized spacial score (nSPS) is 28.4. The number of hydrogen-bond donors (Lipinski definition) is 0. The molecule has 136 valence electrons. The summed E-state index contributed by atoms with van der Waals surface area (Å²) in [5, 5.41) is 0. The van der Waals surface area contributed by atoms with Crippen molar-refractivity contribution in [2.24, 2.45) is 5.92 Å². The van der Waals surface area contributed by atoms with Crippen LogP contribution >= 0.6 is 0 Å². The van der Waals surface area contributed by atoms with E-state index in [-0.39, 0.29) is 0 Å². The Hall–Kier alpha value is -1.39. The average Bonchev–Trinajstić information content (AvgIpc) is 3.01. The van der Waals surface area contributed by atoms with Gasteiger partial charge in [-0.1, -0.05) is 29.8 Å². The molecule has 1 aromatic rings. The van der Waals surface area contributed by atoms with Crippen LogP contribution in [0, 0.1) is 12.8 Å². The van der Waals surface area contributed by atoms with Crippen LogP contribution in [0.3, 0.4) is 0 Å². The molecule has 0 aromatic heterocycles. The number of carbonyl (C=O) groups excluding carboxylic acids is 1. The second kappa shape index (κ2) is 7.46. The number of benzene rings is 1. The molecule has 3 aliphatic rings. The smallest absolute Gasteiger partial charge is 0.222 e. The van der Waals surface area contributed by atoms with Crippen molar-refractivity contribution >= 4 is 5.91 Å². The molecule has 3 aliphatic heterocycles. The van der Waals surface area contributed by atoms with E-state index in [0.717, 1.165) is 58.5 Å². The lowest BCUT2D eigenvalue weighted by molar-refractivity contribution is -0.139. The van der Waals surface area contributed by atoms with Gasteiger partial charge in [0.05, 0.1) is 0 Å². The van der Waals surface area contributed by atoms with Crippen molar-refractivity contribution in [2.75, 3.05) is 26.3 Å². The quantitative estimate of drug-likeness (QED) is 0.843. The van der Waals surface area contributed by atoms with E-state index in [0.29, 0.717) is 30.3 Å². The second-order valence-electron chi connectivity index (χ2n) is 8.02. The Kier molecular flexibility index (Phi) is 5.09.